The molecule has 0 atom stereocenters. The van der Waals surface area contributed by atoms with Crippen LogP contribution in [0.3, 0.4) is 0 Å². The van der Waals surface area contributed by atoms with Crippen LogP contribution in [0.25, 0.3) is 0 Å². The molecule has 0 fully saturated rings. The Morgan fingerprint density at radius 2 is 2.05 bits per heavy atom. The van der Waals surface area contributed by atoms with Crippen molar-refractivity contribution >= 4 is 23.2 Å². The summed E-state index contributed by atoms with van der Waals surface area (Å²) < 4.78 is 2.17. The minimum Gasteiger partial charge on any atom is -0.327 e. The van der Waals surface area contributed by atoms with E-state index in [1.54, 1.807) is 6.07 Å². The molecule has 0 saturated heterocycles. The number of rotatable bonds is 6. The summed E-state index contributed by atoms with van der Waals surface area (Å²) >= 11 is 12.3. The van der Waals surface area contributed by atoms with Crippen molar-refractivity contribution in [3.8, 4) is 0 Å². The van der Waals surface area contributed by atoms with E-state index in [1.165, 1.54) is 0 Å². The number of hydrogen-bond donors (Lipinski definition) is 1. The second kappa shape index (κ2) is 7.30. The molecule has 21 heavy (non-hydrogen) atoms. The van der Waals surface area contributed by atoms with Crippen LogP contribution in [0, 0.1) is 12.8 Å². The molecular weight excluding hydrogens is 305 g/mol. The zero-order valence-electron chi connectivity index (χ0n) is 12.7. The van der Waals surface area contributed by atoms with Gasteiger partial charge in [-0.15, -0.1) is 0 Å². The Morgan fingerprint density at radius 3 is 2.76 bits per heavy atom. The van der Waals surface area contributed by atoms with Gasteiger partial charge in [-0.1, -0.05) is 37.0 Å². The molecule has 0 aliphatic heterocycles. The number of halogens is 2. The van der Waals surface area contributed by atoms with Gasteiger partial charge in [0.2, 0.25) is 0 Å². The molecule has 0 amide bonds. The third-order valence-electron chi connectivity index (χ3n) is 3.33. The highest BCUT2D eigenvalue weighted by Crippen LogP contribution is 2.22. The Hall–Kier alpha value is -1.03. The molecule has 0 aliphatic rings. The van der Waals surface area contributed by atoms with Gasteiger partial charge in [0, 0.05) is 22.8 Å². The molecule has 1 N–H and O–H groups in total. The number of hydrogen-bond acceptors (Lipinski definition) is 2. The summed E-state index contributed by atoms with van der Waals surface area (Å²) in [6.07, 6.45) is 1.92. The van der Waals surface area contributed by atoms with Crippen LogP contribution in [0.15, 0.2) is 24.4 Å². The highest BCUT2D eigenvalue weighted by Gasteiger charge is 2.10. The second-order valence-corrected chi connectivity index (χ2v) is 6.49. The van der Waals surface area contributed by atoms with Gasteiger partial charge in [0.15, 0.2) is 0 Å². The lowest BCUT2D eigenvalue weighted by Crippen LogP contribution is -2.21. The zero-order valence-corrected chi connectivity index (χ0v) is 14.2. The van der Waals surface area contributed by atoms with Gasteiger partial charge >= 0.3 is 0 Å². The first-order valence-corrected chi connectivity index (χ1v) is 7.88. The fourth-order valence-corrected chi connectivity index (χ4v) is 2.57. The molecule has 5 heteroatoms. The number of aromatic nitrogens is 2. The average Bonchev–Trinajstić information content (AvgIpc) is 2.75. The SMILES string of the molecule is Cc1ncc(CNCC(C)C)n1Cc1cc(Cl)ccc1Cl. The third kappa shape index (κ3) is 4.47. The van der Waals surface area contributed by atoms with E-state index in [1.807, 2.05) is 25.3 Å². The minimum absolute atomic E-state index is 0.629. The van der Waals surface area contributed by atoms with E-state index in [-0.39, 0.29) is 0 Å². The van der Waals surface area contributed by atoms with E-state index < -0.39 is 0 Å². The van der Waals surface area contributed by atoms with Crippen LogP contribution in [0.4, 0.5) is 0 Å². The molecule has 1 heterocycles. The van der Waals surface area contributed by atoms with Gasteiger partial charge in [0.25, 0.3) is 0 Å². The molecule has 3 nitrogen and oxygen atoms in total. The average molecular weight is 326 g/mol. The molecule has 2 rings (SSSR count). The lowest BCUT2D eigenvalue weighted by Gasteiger charge is -2.13. The van der Waals surface area contributed by atoms with Crippen molar-refractivity contribution in [2.75, 3.05) is 6.54 Å². The predicted molar refractivity (Wildman–Crippen MR) is 89.1 cm³/mol. The molecule has 1 aromatic heterocycles. The van der Waals surface area contributed by atoms with Gasteiger partial charge < -0.3 is 9.88 Å². The summed E-state index contributed by atoms with van der Waals surface area (Å²) in [5.41, 5.74) is 2.17. The number of nitrogens with zero attached hydrogens (tertiary/aromatic N) is 2. The quantitative estimate of drug-likeness (QED) is 0.858. The van der Waals surface area contributed by atoms with Crippen LogP contribution in [0.2, 0.25) is 10.0 Å². The summed E-state index contributed by atoms with van der Waals surface area (Å²) in [6, 6.07) is 5.55. The molecule has 0 aliphatic carbocycles. The maximum atomic E-state index is 6.26. The Bertz CT molecular complexity index is 606. The van der Waals surface area contributed by atoms with Crippen molar-refractivity contribution in [3.05, 3.63) is 51.5 Å². The zero-order chi connectivity index (χ0) is 15.4. The molecule has 0 spiro atoms. The molecule has 0 saturated carbocycles. The third-order valence-corrected chi connectivity index (χ3v) is 3.94. The molecule has 114 valence electrons. The Labute approximate surface area is 136 Å². The van der Waals surface area contributed by atoms with Crippen molar-refractivity contribution in [1.82, 2.24) is 14.9 Å². The van der Waals surface area contributed by atoms with Gasteiger partial charge in [0.05, 0.1) is 12.2 Å². The van der Waals surface area contributed by atoms with Crippen LogP contribution >= 0.6 is 23.2 Å². The predicted octanol–water partition coefficient (Wildman–Crippen LogP) is 4.29. The number of imidazole rings is 1. The topological polar surface area (TPSA) is 29.9 Å². The maximum Gasteiger partial charge on any atom is 0.106 e. The van der Waals surface area contributed by atoms with E-state index in [9.17, 15) is 0 Å². The lowest BCUT2D eigenvalue weighted by molar-refractivity contribution is 0.537. The van der Waals surface area contributed by atoms with E-state index in [4.69, 9.17) is 23.2 Å². The van der Waals surface area contributed by atoms with Crippen molar-refractivity contribution in [2.45, 2.75) is 33.9 Å². The minimum atomic E-state index is 0.629. The summed E-state index contributed by atoms with van der Waals surface area (Å²) in [5.74, 6) is 1.61. The van der Waals surface area contributed by atoms with Crippen molar-refractivity contribution in [1.29, 1.82) is 0 Å². The molecule has 0 bridgehead atoms. The smallest absolute Gasteiger partial charge is 0.106 e. The normalized spacial score (nSPS) is 11.3. The van der Waals surface area contributed by atoms with Crippen molar-refractivity contribution < 1.29 is 0 Å². The number of benzene rings is 1. The second-order valence-electron chi connectivity index (χ2n) is 5.64. The molecule has 1 aromatic carbocycles. The van der Waals surface area contributed by atoms with Crippen LogP contribution in [0.1, 0.15) is 30.9 Å². The maximum absolute atomic E-state index is 6.26. The lowest BCUT2D eigenvalue weighted by atomic mass is 10.2. The first-order valence-electron chi connectivity index (χ1n) is 7.13. The summed E-state index contributed by atoms with van der Waals surface area (Å²) in [4.78, 5) is 4.41. The Balaban J connectivity index is 2.15. The fourth-order valence-electron chi connectivity index (χ4n) is 2.20. The first-order chi connectivity index (χ1) is 9.97. The van der Waals surface area contributed by atoms with Gasteiger partial charge in [0.1, 0.15) is 5.82 Å². The Morgan fingerprint density at radius 1 is 1.29 bits per heavy atom. The first kappa shape index (κ1) is 16.3. The largest absolute Gasteiger partial charge is 0.327 e. The molecule has 2 aromatic rings. The number of nitrogens with one attached hydrogen (secondary N) is 1. The van der Waals surface area contributed by atoms with Crippen LogP contribution in [-0.2, 0) is 13.1 Å². The Kier molecular flexibility index (Phi) is 5.68. The van der Waals surface area contributed by atoms with Crippen LogP contribution in [0.5, 0.6) is 0 Å². The van der Waals surface area contributed by atoms with Gasteiger partial charge in [-0.05, 0) is 43.1 Å². The molecule has 0 unspecified atom stereocenters. The van der Waals surface area contributed by atoms with Crippen LogP contribution < -0.4 is 5.32 Å². The standard InChI is InChI=1S/C16H21Cl2N3/c1-11(2)7-19-8-15-9-20-12(3)21(15)10-13-6-14(17)4-5-16(13)18/h4-6,9,11,19H,7-8,10H2,1-3H3. The van der Waals surface area contributed by atoms with E-state index in [0.717, 1.165) is 35.2 Å². The summed E-state index contributed by atoms with van der Waals surface area (Å²) in [5, 5.41) is 4.88. The van der Waals surface area contributed by atoms with Gasteiger partial charge in [-0.3, -0.25) is 0 Å². The van der Waals surface area contributed by atoms with E-state index in [0.29, 0.717) is 17.5 Å². The van der Waals surface area contributed by atoms with Crippen molar-refractivity contribution in [3.63, 3.8) is 0 Å². The molecular formula is C16H21Cl2N3. The van der Waals surface area contributed by atoms with Gasteiger partial charge in [-0.25, -0.2) is 4.98 Å². The monoisotopic (exact) mass is 325 g/mol. The summed E-state index contributed by atoms with van der Waals surface area (Å²) in [7, 11) is 0. The van der Waals surface area contributed by atoms with Crippen molar-refractivity contribution in [2.24, 2.45) is 5.92 Å². The van der Waals surface area contributed by atoms with E-state index in [2.05, 4.69) is 28.7 Å². The van der Waals surface area contributed by atoms with E-state index >= 15 is 0 Å². The molecule has 0 radical (unpaired) electrons. The highest BCUT2D eigenvalue weighted by molar-refractivity contribution is 6.33. The van der Waals surface area contributed by atoms with Gasteiger partial charge in [-0.2, -0.15) is 0 Å². The van der Waals surface area contributed by atoms with Crippen LogP contribution in [-0.4, -0.2) is 16.1 Å². The highest BCUT2D eigenvalue weighted by atomic mass is 35.5. The number of aryl methyl sites for hydroxylation is 1. The fraction of sp³-hybridized carbons (Fsp3) is 0.438. The summed E-state index contributed by atoms with van der Waals surface area (Å²) in [6.45, 7) is 8.87.